The van der Waals surface area contributed by atoms with Crippen molar-refractivity contribution in [2.75, 3.05) is 0 Å². The summed E-state index contributed by atoms with van der Waals surface area (Å²) in [4.78, 5) is 46.1. The van der Waals surface area contributed by atoms with Crippen LogP contribution in [0.15, 0.2) is 0 Å². The van der Waals surface area contributed by atoms with Crippen molar-refractivity contribution in [3.8, 4) is 0 Å². The highest BCUT2D eigenvalue weighted by Gasteiger charge is 2.35. The third-order valence-electron chi connectivity index (χ3n) is 2.83. The van der Waals surface area contributed by atoms with Gasteiger partial charge in [-0.2, -0.15) is 0 Å². The predicted molar refractivity (Wildman–Crippen MR) is 60.2 cm³/mol. The van der Waals surface area contributed by atoms with Crippen LogP contribution in [0.25, 0.3) is 0 Å². The van der Waals surface area contributed by atoms with E-state index in [1.807, 2.05) is 0 Å². The third-order valence-corrected chi connectivity index (χ3v) is 2.83. The van der Waals surface area contributed by atoms with E-state index in [1.165, 1.54) is 0 Å². The van der Waals surface area contributed by atoms with Crippen molar-refractivity contribution in [2.45, 2.75) is 44.6 Å². The molecular weight excluding hydrogens is 240 g/mol. The van der Waals surface area contributed by atoms with Gasteiger partial charge < -0.3 is 10.8 Å². The van der Waals surface area contributed by atoms with Crippen molar-refractivity contribution < 1.29 is 24.3 Å². The molecule has 0 aliphatic carbocycles. The minimum Gasteiger partial charge on any atom is -0.480 e. The van der Waals surface area contributed by atoms with E-state index < -0.39 is 29.7 Å². The molecule has 3 N–H and O–H groups in total. The highest BCUT2D eigenvalue weighted by molar-refractivity contribution is 5.99. The first kappa shape index (κ1) is 14.1. The summed E-state index contributed by atoms with van der Waals surface area (Å²) in [6.45, 7) is 0. The molecule has 0 aromatic carbocycles. The molecule has 0 spiro atoms. The Kier molecular flexibility index (Phi) is 4.82. The molecule has 1 aliphatic heterocycles. The number of hydrogen-bond acceptors (Lipinski definition) is 4. The Hall–Kier alpha value is -1.92. The van der Waals surface area contributed by atoms with Crippen molar-refractivity contribution in [1.82, 2.24) is 4.90 Å². The molecule has 100 valence electrons. The third kappa shape index (κ3) is 3.54. The van der Waals surface area contributed by atoms with Gasteiger partial charge in [0.25, 0.3) is 0 Å². The lowest BCUT2D eigenvalue weighted by Crippen LogP contribution is -2.48. The lowest BCUT2D eigenvalue weighted by molar-refractivity contribution is -0.158. The van der Waals surface area contributed by atoms with Crippen molar-refractivity contribution >= 4 is 23.7 Å². The maximum absolute atomic E-state index is 11.7. The quantitative estimate of drug-likeness (QED) is 0.651. The second kappa shape index (κ2) is 6.13. The Morgan fingerprint density at radius 1 is 1.22 bits per heavy atom. The number of carbonyl (C=O) groups is 4. The normalized spacial score (nSPS) is 18.3. The van der Waals surface area contributed by atoms with Crippen LogP contribution in [0.5, 0.6) is 0 Å². The van der Waals surface area contributed by atoms with Gasteiger partial charge in [0.05, 0.1) is 0 Å². The van der Waals surface area contributed by atoms with Crippen molar-refractivity contribution in [1.29, 1.82) is 0 Å². The van der Waals surface area contributed by atoms with Gasteiger partial charge in [-0.1, -0.05) is 0 Å². The zero-order chi connectivity index (χ0) is 13.7. The maximum atomic E-state index is 11.7. The number of nitrogens with two attached hydrogens (primary N) is 1. The number of likely N-dealkylation sites (tertiary alicyclic amines) is 1. The van der Waals surface area contributed by atoms with E-state index in [0.717, 1.165) is 4.90 Å². The Bertz CT molecular complexity index is 362. The van der Waals surface area contributed by atoms with Gasteiger partial charge in [-0.3, -0.25) is 19.3 Å². The number of primary amides is 1. The molecule has 3 amide bonds. The number of carboxylic acid groups (broad SMARTS) is 1. The summed E-state index contributed by atoms with van der Waals surface area (Å²) in [5.74, 6) is -2.93. The average molecular weight is 256 g/mol. The molecule has 0 radical (unpaired) electrons. The van der Waals surface area contributed by atoms with E-state index >= 15 is 0 Å². The molecule has 1 unspecified atom stereocenters. The van der Waals surface area contributed by atoms with Crippen LogP contribution in [0, 0.1) is 0 Å². The molecule has 0 aromatic heterocycles. The Labute approximate surface area is 104 Å². The van der Waals surface area contributed by atoms with Crippen LogP contribution in [0.2, 0.25) is 0 Å². The highest BCUT2D eigenvalue weighted by atomic mass is 16.4. The van der Waals surface area contributed by atoms with Gasteiger partial charge in [-0.15, -0.1) is 0 Å². The van der Waals surface area contributed by atoms with Crippen LogP contribution >= 0.6 is 0 Å². The van der Waals surface area contributed by atoms with E-state index in [9.17, 15) is 19.2 Å². The Morgan fingerprint density at radius 3 is 2.11 bits per heavy atom. The number of imide groups is 1. The van der Waals surface area contributed by atoms with Crippen LogP contribution in [-0.4, -0.2) is 39.7 Å². The summed E-state index contributed by atoms with van der Waals surface area (Å²) >= 11 is 0. The van der Waals surface area contributed by atoms with E-state index in [4.69, 9.17) is 10.8 Å². The molecule has 0 saturated carbocycles. The molecule has 1 fully saturated rings. The second-order valence-electron chi connectivity index (χ2n) is 4.22. The van der Waals surface area contributed by atoms with E-state index in [1.54, 1.807) is 0 Å². The van der Waals surface area contributed by atoms with Gasteiger partial charge in [0.2, 0.25) is 17.7 Å². The van der Waals surface area contributed by atoms with Crippen molar-refractivity contribution in [3.05, 3.63) is 0 Å². The smallest absolute Gasteiger partial charge is 0.326 e. The molecule has 7 nitrogen and oxygen atoms in total. The van der Waals surface area contributed by atoms with E-state index in [-0.39, 0.29) is 25.7 Å². The van der Waals surface area contributed by atoms with E-state index in [2.05, 4.69) is 0 Å². The molecule has 1 atom stereocenters. The molecule has 18 heavy (non-hydrogen) atoms. The summed E-state index contributed by atoms with van der Waals surface area (Å²) in [6, 6.07) is -1.30. The fraction of sp³-hybridized carbons (Fsp3) is 0.636. The average Bonchev–Trinajstić information content (AvgIpc) is 2.42. The first-order valence-electron chi connectivity index (χ1n) is 5.79. The summed E-state index contributed by atoms with van der Waals surface area (Å²) in [5, 5.41) is 9.07. The molecule has 1 rings (SSSR count). The lowest BCUT2D eigenvalue weighted by atomic mass is 10.1. The zero-order valence-electron chi connectivity index (χ0n) is 9.92. The van der Waals surface area contributed by atoms with E-state index in [0.29, 0.717) is 12.8 Å². The van der Waals surface area contributed by atoms with Crippen molar-refractivity contribution in [3.63, 3.8) is 0 Å². The summed E-state index contributed by atoms with van der Waals surface area (Å²) in [6.07, 6.45) is 1.15. The summed E-state index contributed by atoms with van der Waals surface area (Å²) < 4.78 is 0. The predicted octanol–water partition coefficient (Wildman–Crippen LogP) is -0.366. The van der Waals surface area contributed by atoms with Gasteiger partial charge in [-0.05, 0) is 19.3 Å². The Balaban J connectivity index is 2.87. The van der Waals surface area contributed by atoms with Crippen LogP contribution < -0.4 is 5.73 Å². The minimum atomic E-state index is -1.30. The number of rotatable bonds is 5. The van der Waals surface area contributed by atoms with Crippen molar-refractivity contribution in [2.24, 2.45) is 5.73 Å². The van der Waals surface area contributed by atoms with Crippen LogP contribution in [0.3, 0.4) is 0 Å². The van der Waals surface area contributed by atoms with Gasteiger partial charge >= 0.3 is 5.97 Å². The number of hydrogen-bond donors (Lipinski definition) is 2. The number of carboxylic acids is 1. The lowest BCUT2D eigenvalue weighted by Gasteiger charge is -2.25. The number of nitrogens with zero attached hydrogens (tertiary/aromatic N) is 1. The van der Waals surface area contributed by atoms with Crippen LogP contribution in [0.1, 0.15) is 38.5 Å². The van der Waals surface area contributed by atoms with Gasteiger partial charge in [0.15, 0.2) is 0 Å². The fourth-order valence-electron chi connectivity index (χ4n) is 1.92. The molecule has 1 heterocycles. The van der Waals surface area contributed by atoms with Gasteiger partial charge in [-0.25, -0.2) is 4.79 Å². The highest BCUT2D eigenvalue weighted by Crippen LogP contribution is 2.18. The monoisotopic (exact) mass is 256 g/mol. The Morgan fingerprint density at radius 2 is 1.72 bits per heavy atom. The first-order valence-corrected chi connectivity index (χ1v) is 5.79. The fourth-order valence-corrected chi connectivity index (χ4v) is 1.92. The van der Waals surface area contributed by atoms with Crippen LogP contribution in [0.4, 0.5) is 0 Å². The maximum Gasteiger partial charge on any atom is 0.326 e. The molecule has 7 heteroatoms. The van der Waals surface area contributed by atoms with Gasteiger partial charge in [0.1, 0.15) is 6.04 Å². The minimum absolute atomic E-state index is 0.137. The SMILES string of the molecule is NC(=O)CCC(C(=O)O)N1C(=O)CCCCC1=O. The standard InChI is InChI=1S/C11H16N2O5/c12-8(14)6-5-7(11(17)18)13-9(15)3-1-2-4-10(13)16/h7H,1-6H2,(H2,12,14)(H,17,18). The first-order chi connectivity index (χ1) is 8.43. The van der Waals surface area contributed by atoms with Crippen LogP contribution in [-0.2, 0) is 19.2 Å². The second-order valence-corrected chi connectivity index (χ2v) is 4.22. The molecule has 0 bridgehead atoms. The topological polar surface area (TPSA) is 118 Å². The number of carbonyl (C=O) groups excluding carboxylic acids is 3. The molecule has 1 aliphatic rings. The molecule has 1 saturated heterocycles. The number of amides is 3. The molecular formula is C11H16N2O5. The zero-order valence-corrected chi connectivity index (χ0v) is 9.92. The van der Waals surface area contributed by atoms with Gasteiger partial charge in [0, 0.05) is 19.3 Å². The number of aliphatic carboxylic acids is 1. The largest absolute Gasteiger partial charge is 0.480 e. The summed E-state index contributed by atoms with van der Waals surface area (Å²) in [5.41, 5.74) is 4.95. The molecule has 0 aromatic rings. The summed E-state index contributed by atoms with van der Waals surface area (Å²) in [7, 11) is 0.